The van der Waals surface area contributed by atoms with Crippen molar-refractivity contribution in [2.24, 2.45) is 0 Å². The third kappa shape index (κ3) is 4.38. The lowest BCUT2D eigenvalue weighted by Gasteiger charge is -2.34. The van der Waals surface area contributed by atoms with E-state index in [-0.39, 0.29) is 11.9 Å². The Balaban J connectivity index is 1.61. The number of rotatable bonds is 9. The minimum atomic E-state index is -0.393. The van der Waals surface area contributed by atoms with Crippen LogP contribution in [-0.4, -0.2) is 65.9 Å². The van der Waals surface area contributed by atoms with Gasteiger partial charge in [0.2, 0.25) is 0 Å². The van der Waals surface area contributed by atoms with E-state index >= 15 is 0 Å². The molecule has 0 bridgehead atoms. The lowest BCUT2D eigenvalue weighted by Crippen LogP contribution is -2.50. The first-order valence-electron chi connectivity index (χ1n) is 11.2. The average Bonchev–Trinajstić information content (AvgIpc) is 3.55. The van der Waals surface area contributed by atoms with Gasteiger partial charge in [-0.15, -0.1) is 0 Å². The van der Waals surface area contributed by atoms with Crippen LogP contribution < -0.4 is 5.32 Å². The average molecular weight is 415 g/mol. The molecule has 2 aliphatic rings. The third-order valence-electron chi connectivity index (χ3n) is 6.24. The molecular weight excluding hydrogens is 380 g/mol. The fraction of sp³-hybridized carbons (Fsp3) is 0.652. The molecule has 2 aromatic rings. The molecule has 2 fully saturated rings. The lowest BCUT2D eigenvalue weighted by atomic mass is 10.1. The molecule has 2 aromatic heterocycles. The highest BCUT2D eigenvalue weighted by Crippen LogP contribution is 2.35. The first-order chi connectivity index (χ1) is 14.6. The molecule has 30 heavy (non-hydrogen) atoms. The van der Waals surface area contributed by atoms with Crippen molar-refractivity contribution in [1.82, 2.24) is 19.8 Å². The smallest absolute Gasteiger partial charge is 0.253 e. The predicted molar refractivity (Wildman–Crippen MR) is 116 cm³/mol. The van der Waals surface area contributed by atoms with Crippen LogP contribution in [0.25, 0.3) is 10.9 Å². The van der Waals surface area contributed by atoms with Crippen molar-refractivity contribution in [3.05, 3.63) is 29.7 Å². The summed E-state index contributed by atoms with van der Waals surface area (Å²) in [6.07, 6.45) is 7.90. The maximum Gasteiger partial charge on any atom is 0.253 e. The second kappa shape index (κ2) is 9.45. The standard InChI is InChI=1S/C23H34N4O3/c1-4-17-15-26(9-5-10-29-3)21-12-20(25-13-19(17)21)16(2)27(18-6-7-18)23(28)22-14-24-8-11-30-22/h12-13,15-16,18,22,24H,4-11,14H2,1-3H3/t16-,22+/m0/s1. The van der Waals surface area contributed by atoms with Crippen LogP contribution in [-0.2, 0) is 27.2 Å². The fourth-order valence-corrected chi connectivity index (χ4v) is 4.42. The van der Waals surface area contributed by atoms with Crippen LogP contribution in [0.2, 0.25) is 0 Å². The highest BCUT2D eigenvalue weighted by molar-refractivity contribution is 5.84. The van der Waals surface area contributed by atoms with Gasteiger partial charge in [-0.05, 0) is 44.2 Å². The number of carbonyl (C=O) groups excluding carboxylic acids is 1. The van der Waals surface area contributed by atoms with Crippen molar-refractivity contribution in [2.45, 2.75) is 64.3 Å². The Morgan fingerprint density at radius 3 is 2.97 bits per heavy atom. The van der Waals surface area contributed by atoms with Crippen molar-refractivity contribution in [2.75, 3.05) is 33.4 Å². The van der Waals surface area contributed by atoms with Crippen LogP contribution in [0.5, 0.6) is 0 Å². The number of fused-ring (bicyclic) bond motifs is 1. The molecule has 1 saturated carbocycles. The van der Waals surface area contributed by atoms with Crippen LogP contribution in [0.4, 0.5) is 0 Å². The van der Waals surface area contributed by atoms with Crippen LogP contribution in [0.3, 0.4) is 0 Å². The first-order valence-corrected chi connectivity index (χ1v) is 11.2. The molecule has 1 amide bonds. The van der Waals surface area contributed by atoms with E-state index in [0.717, 1.165) is 51.1 Å². The normalized spacial score (nSPS) is 20.4. The van der Waals surface area contributed by atoms with Gasteiger partial charge in [0.25, 0.3) is 5.91 Å². The highest BCUT2D eigenvalue weighted by atomic mass is 16.5. The molecule has 0 radical (unpaired) electrons. The summed E-state index contributed by atoms with van der Waals surface area (Å²) in [7, 11) is 1.74. The fourth-order valence-electron chi connectivity index (χ4n) is 4.42. The molecule has 2 atom stereocenters. The van der Waals surface area contributed by atoms with E-state index in [1.54, 1.807) is 7.11 Å². The molecule has 3 heterocycles. The van der Waals surface area contributed by atoms with E-state index in [9.17, 15) is 4.79 Å². The minimum Gasteiger partial charge on any atom is -0.385 e. The number of amides is 1. The molecule has 1 N–H and O–H groups in total. The number of methoxy groups -OCH3 is 1. The van der Waals surface area contributed by atoms with Crippen molar-refractivity contribution in [3.8, 4) is 0 Å². The highest BCUT2D eigenvalue weighted by Gasteiger charge is 2.40. The number of ether oxygens (including phenoxy) is 2. The number of hydrogen-bond acceptors (Lipinski definition) is 5. The minimum absolute atomic E-state index is 0.0765. The predicted octanol–water partition coefficient (Wildman–Crippen LogP) is 2.68. The number of aromatic nitrogens is 2. The maximum absolute atomic E-state index is 13.3. The van der Waals surface area contributed by atoms with E-state index in [0.29, 0.717) is 19.2 Å². The van der Waals surface area contributed by atoms with E-state index in [1.807, 2.05) is 11.1 Å². The van der Waals surface area contributed by atoms with E-state index in [1.165, 1.54) is 16.5 Å². The Bertz CT molecular complexity index is 871. The van der Waals surface area contributed by atoms with Crippen molar-refractivity contribution in [3.63, 3.8) is 0 Å². The Morgan fingerprint density at radius 2 is 2.30 bits per heavy atom. The summed E-state index contributed by atoms with van der Waals surface area (Å²) in [6, 6.07) is 2.40. The van der Waals surface area contributed by atoms with E-state index in [2.05, 4.69) is 36.0 Å². The summed E-state index contributed by atoms with van der Waals surface area (Å²) in [6.45, 7) is 7.91. The molecule has 1 aliphatic carbocycles. The van der Waals surface area contributed by atoms with Gasteiger partial charge in [0.1, 0.15) is 6.10 Å². The summed E-state index contributed by atoms with van der Waals surface area (Å²) in [5.41, 5.74) is 3.45. The first kappa shape index (κ1) is 21.3. The van der Waals surface area contributed by atoms with E-state index in [4.69, 9.17) is 14.5 Å². The molecular formula is C23H34N4O3. The summed E-state index contributed by atoms with van der Waals surface area (Å²) in [4.78, 5) is 20.1. The number of nitrogens with one attached hydrogen (secondary N) is 1. The van der Waals surface area contributed by atoms with Gasteiger partial charge in [-0.2, -0.15) is 0 Å². The topological polar surface area (TPSA) is 68.6 Å². The summed E-state index contributed by atoms with van der Waals surface area (Å²) >= 11 is 0. The van der Waals surface area contributed by atoms with Crippen molar-refractivity contribution >= 4 is 16.8 Å². The van der Waals surface area contributed by atoms with Gasteiger partial charge in [-0.1, -0.05) is 6.92 Å². The Morgan fingerprint density at radius 1 is 1.47 bits per heavy atom. The van der Waals surface area contributed by atoms with Gasteiger partial charge in [0.15, 0.2) is 0 Å². The summed E-state index contributed by atoms with van der Waals surface area (Å²) in [5.74, 6) is 0.0869. The van der Waals surface area contributed by atoms with Gasteiger partial charge in [0.05, 0.1) is 23.9 Å². The van der Waals surface area contributed by atoms with Crippen molar-refractivity contribution < 1.29 is 14.3 Å². The molecule has 1 saturated heterocycles. The Labute approximate surface area is 178 Å². The van der Waals surface area contributed by atoms with Gasteiger partial charge in [-0.3, -0.25) is 9.78 Å². The largest absolute Gasteiger partial charge is 0.385 e. The molecule has 0 spiro atoms. The zero-order chi connectivity index (χ0) is 21.1. The van der Waals surface area contributed by atoms with Crippen molar-refractivity contribution in [1.29, 1.82) is 0 Å². The second-order valence-electron chi connectivity index (χ2n) is 8.39. The van der Waals surface area contributed by atoms with Gasteiger partial charge in [0, 0.05) is 57.2 Å². The number of aryl methyl sites for hydroxylation is 2. The number of carbonyl (C=O) groups is 1. The second-order valence-corrected chi connectivity index (χ2v) is 8.39. The molecule has 164 valence electrons. The summed E-state index contributed by atoms with van der Waals surface area (Å²) in [5, 5.41) is 4.48. The Hall–Kier alpha value is -1.96. The number of morpholine rings is 1. The molecule has 4 rings (SSSR count). The number of pyridine rings is 1. The third-order valence-corrected chi connectivity index (χ3v) is 6.24. The van der Waals surface area contributed by atoms with Crippen LogP contribution >= 0.6 is 0 Å². The molecule has 7 nitrogen and oxygen atoms in total. The van der Waals surface area contributed by atoms with Crippen LogP contribution in [0.15, 0.2) is 18.5 Å². The maximum atomic E-state index is 13.3. The van der Waals surface area contributed by atoms with Crippen LogP contribution in [0, 0.1) is 0 Å². The van der Waals surface area contributed by atoms with Gasteiger partial charge >= 0.3 is 0 Å². The number of nitrogens with zero attached hydrogens (tertiary/aromatic N) is 3. The van der Waals surface area contributed by atoms with E-state index < -0.39 is 6.10 Å². The quantitative estimate of drug-likeness (QED) is 0.639. The Kier molecular flexibility index (Phi) is 6.71. The molecule has 1 aliphatic heterocycles. The zero-order valence-electron chi connectivity index (χ0n) is 18.4. The molecule has 7 heteroatoms. The molecule has 0 aromatic carbocycles. The summed E-state index contributed by atoms with van der Waals surface area (Å²) < 4.78 is 13.3. The van der Waals surface area contributed by atoms with Crippen LogP contribution in [0.1, 0.15) is 50.4 Å². The number of hydrogen-bond donors (Lipinski definition) is 1. The zero-order valence-corrected chi connectivity index (χ0v) is 18.4. The molecule has 0 unspecified atom stereocenters. The monoisotopic (exact) mass is 414 g/mol. The van der Waals surface area contributed by atoms with Gasteiger partial charge in [-0.25, -0.2) is 0 Å². The SMILES string of the molecule is CCc1cn(CCCOC)c2cc([C@H](C)N(C(=O)[C@H]3CNCCO3)C3CC3)ncc12. The lowest BCUT2D eigenvalue weighted by molar-refractivity contribution is -0.148. The van der Waals surface area contributed by atoms with Gasteiger partial charge < -0.3 is 24.3 Å².